The van der Waals surface area contributed by atoms with Gasteiger partial charge in [-0.25, -0.2) is 14.8 Å². The van der Waals surface area contributed by atoms with Gasteiger partial charge in [-0.05, 0) is 91.2 Å². The number of carbonyl (C=O) groups excluding carboxylic acids is 1. The first-order valence-electron chi connectivity index (χ1n) is 13.9. The third-order valence-corrected chi connectivity index (χ3v) is 7.38. The molecule has 0 radical (unpaired) electrons. The highest BCUT2D eigenvalue weighted by Crippen LogP contribution is 2.30. The number of rotatable bonds is 7. The largest absolute Gasteiger partial charge is 0.465 e. The fourth-order valence-corrected chi connectivity index (χ4v) is 5.32. The van der Waals surface area contributed by atoms with Crippen molar-refractivity contribution in [1.29, 1.82) is 0 Å². The number of aromatic nitrogens is 4. The van der Waals surface area contributed by atoms with E-state index in [0.29, 0.717) is 5.56 Å². The van der Waals surface area contributed by atoms with Gasteiger partial charge in [0, 0.05) is 33.2 Å². The number of hydrogen-bond acceptors (Lipinski definition) is 4. The lowest BCUT2D eigenvalue weighted by molar-refractivity contribution is 0.0600. The first kappa shape index (κ1) is 25.6. The summed E-state index contributed by atoms with van der Waals surface area (Å²) in [6.07, 6.45) is 14.1. The van der Waals surface area contributed by atoms with Gasteiger partial charge < -0.3 is 14.7 Å². The summed E-state index contributed by atoms with van der Waals surface area (Å²) in [4.78, 5) is 29.1. The number of H-pyrrole nitrogens is 2. The highest BCUT2D eigenvalue weighted by atomic mass is 16.5. The van der Waals surface area contributed by atoms with Crippen molar-refractivity contribution in [3.8, 4) is 11.1 Å². The lowest BCUT2D eigenvalue weighted by Gasteiger charge is -2.05. The number of hydrogen-bond donors (Lipinski definition) is 2. The molecule has 1 aromatic carbocycles. The average Bonchev–Trinajstić information content (AvgIpc) is 3.79. The van der Waals surface area contributed by atoms with Gasteiger partial charge in [-0.15, -0.1) is 0 Å². The summed E-state index contributed by atoms with van der Waals surface area (Å²) in [6.45, 7) is 2.24. The Morgan fingerprint density at radius 2 is 1.35 bits per heavy atom. The van der Waals surface area contributed by atoms with E-state index >= 15 is 0 Å². The van der Waals surface area contributed by atoms with E-state index in [-0.39, 0.29) is 5.97 Å². The molecule has 40 heavy (non-hydrogen) atoms. The van der Waals surface area contributed by atoms with Crippen LogP contribution in [0.15, 0.2) is 60.7 Å². The lowest BCUT2D eigenvalue weighted by Crippen LogP contribution is -2.00. The van der Waals surface area contributed by atoms with Crippen LogP contribution < -0.4 is 0 Å². The van der Waals surface area contributed by atoms with Crippen LogP contribution in [0.1, 0.15) is 71.3 Å². The van der Waals surface area contributed by atoms with E-state index in [2.05, 4.69) is 77.6 Å². The Morgan fingerprint density at radius 1 is 0.750 bits per heavy atom. The number of methoxy groups -OCH3 is 1. The van der Waals surface area contributed by atoms with Gasteiger partial charge in [0.05, 0.1) is 35.4 Å². The summed E-state index contributed by atoms with van der Waals surface area (Å²) < 4.78 is 4.88. The van der Waals surface area contributed by atoms with E-state index in [9.17, 15) is 4.79 Å². The van der Waals surface area contributed by atoms with Crippen LogP contribution in [-0.2, 0) is 11.2 Å². The molecule has 6 nitrogen and oxygen atoms in total. The summed E-state index contributed by atoms with van der Waals surface area (Å²) in [5, 5.41) is 0. The van der Waals surface area contributed by atoms with Crippen LogP contribution in [0.5, 0.6) is 0 Å². The average molecular weight is 529 g/mol. The van der Waals surface area contributed by atoms with Crippen LogP contribution in [0.3, 0.4) is 0 Å². The van der Waals surface area contributed by atoms with Crippen molar-refractivity contribution < 1.29 is 9.53 Å². The monoisotopic (exact) mass is 528 g/mol. The first-order chi connectivity index (χ1) is 19.6. The second-order valence-corrected chi connectivity index (χ2v) is 10.2. The highest BCUT2D eigenvalue weighted by molar-refractivity contribution is 5.95. The number of nitrogens with zero attached hydrogens (tertiary/aromatic N) is 2. The number of fused-ring (bicyclic) bond motifs is 8. The fraction of sp³-hybridized carbons (Fsp3) is 0.206. The second kappa shape index (κ2) is 11.2. The van der Waals surface area contributed by atoms with Crippen LogP contribution in [0, 0.1) is 0 Å². The molecule has 0 aliphatic carbocycles. The Morgan fingerprint density at radius 3 is 1.90 bits per heavy atom. The van der Waals surface area contributed by atoms with Crippen molar-refractivity contribution in [3.63, 3.8) is 0 Å². The number of nitrogens with one attached hydrogen (secondary N) is 2. The summed E-state index contributed by atoms with van der Waals surface area (Å²) in [5.74, 6) is -0.354. The number of esters is 1. The molecule has 0 unspecified atom stereocenters. The van der Waals surface area contributed by atoms with E-state index in [1.807, 2.05) is 12.1 Å². The normalized spacial score (nSPS) is 12.2. The Balaban J connectivity index is 1.56. The number of aromatic amines is 2. The van der Waals surface area contributed by atoms with E-state index in [1.54, 1.807) is 12.1 Å². The minimum absolute atomic E-state index is 0.354. The lowest BCUT2D eigenvalue weighted by atomic mass is 10.0. The van der Waals surface area contributed by atoms with Gasteiger partial charge >= 0.3 is 5.97 Å². The third kappa shape index (κ3) is 5.25. The molecule has 8 bridgehead atoms. The molecule has 2 aliphatic rings. The maximum Gasteiger partial charge on any atom is 0.337 e. The molecule has 2 aliphatic heterocycles. The maximum absolute atomic E-state index is 12.0. The van der Waals surface area contributed by atoms with Gasteiger partial charge in [0.15, 0.2) is 0 Å². The van der Waals surface area contributed by atoms with Gasteiger partial charge in [0.1, 0.15) is 0 Å². The molecule has 0 amide bonds. The zero-order valence-electron chi connectivity index (χ0n) is 22.8. The molecule has 0 saturated heterocycles. The van der Waals surface area contributed by atoms with Crippen LogP contribution in [0.4, 0.5) is 0 Å². The maximum atomic E-state index is 12.0. The smallest absolute Gasteiger partial charge is 0.337 e. The van der Waals surface area contributed by atoms with Gasteiger partial charge in [0.25, 0.3) is 0 Å². The zero-order chi connectivity index (χ0) is 27.5. The van der Waals surface area contributed by atoms with Crippen molar-refractivity contribution in [2.24, 2.45) is 0 Å². The van der Waals surface area contributed by atoms with E-state index in [4.69, 9.17) is 14.7 Å². The fourth-order valence-electron chi connectivity index (χ4n) is 5.32. The molecule has 200 valence electrons. The minimum atomic E-state index is -0.354. The minimum Gasteiger partial charge on any atom is -0.465 e. The molecule has 3 aromatic heterocycles. The molecule has 5 heterocycles. The van der Waals surface area contributed by atoms with Crippen LogP contribution in [0.25, 0.3) is 57.5 Å². The van der Waals surface area contributed by atoms with Crippen molar-refractivity contribution >= 4 is 52.3 Å². The third-order valence-electron chi connectivity index (χ3n) is 7.38. The van der Waals surface area contributed by atoms with Crippen LogP contribution in [0.2, 0.25) is 0 Å². The first-order valence-corrected chi connectivity index (χ1v) is 13.9. The van der Waals surface area contributed by atoms with E-state index < -0.39 is 0 Å². The molecule has 6 rings (SSSR count). The Hall–Kier alpha value is -4.71. The number of unbranched alkanes of at least 4 members (excludes halogenated alkanes) is 3. The molecule has 4 aromatic rings. The number of benzene rings is 1. The molecule has 0 saturated carbocycles. The molecule has 6 heteroatoms. The zero-order valence-corrected chi connectivity index (χ0v) is 22.8. The van der Waals surface area contributed by atoms with Gasteiger partial charge in [0.2, 0.25) is 0 Å². The molecule has 0 spiro atoms. The van der Waals surface area contributed by atoms with Crippen LogP contribution >= 0.6 is 0 Å². The predicted molar refractivity (Wildman–Crippen MR) is 163 cm³/mol. The number of carbonyl (C=O) groups is 1. The van der Waals surface area contributed by atoms with Gasteiger partial charge in [-0.1, -0.05) is 38.3 Å². The summed E-state index contributed by atoms with van der Waals surface area (Å²) in [7, 11) is 1.39. The second-order valence-electron chi connectivity index (χ2n) is 10.2. The van der Waals surface area contributed by atoms with Gasteiger partial charge in [-0.3, -0.25) is 0 Å². The summed E-state index contributed by atoms with van der Waals surface area (Å²) >= 11 is 0. The van der Waals surface area contributed by atoms with Crippen molar-refractivity contribution in [3.05, 3.63) is 94.6 Å². The summed E-state index contributed by atoms with van der Waals surface area (Å²) in [6, 6.07) is 19.9. The molecular formula is C34H32N4O2. The van der Waals surface area contributed by atoms with E-state index in [1.165, 1.54) is 31.9 Å². The Kier molecular flexibility index (Phi) is 7.15. The predicted octanol–water partition coefficient (Wildman–Crippen LogP) is 8.23. The summed E-state index contributed by atoms with van der Waals surface area (Å²) in [5.41, 5.74) is 11.3. The molecule has 2 N–H and O–H groups in total. The number of ether oxygens (including phenoxy) is 1. The van der Waals surface area contributed by atoms with Crippen molar-refractivity contribution in [2.45, 2.75) is 39.0 Å². The quantitative estimate of drug-likeness (QED) is 0.161. The topological polar surface area (TPSA) is 83.7 Å². The van der Waals surface area contributed by atoms with Gasteiger partial charge in [-0.2, -0.15) is 0 Å². The van der Waals surface area contributed by atoms with Crippen molar-refractivity contribution in [1.82, 2.24) is 19.9 Å². The molecule has 0 fully saturated rings. The van der Waals surface area contributed by atoms with E-state index in [0.717, 1.165) is 68.8 Å². The molecular weight excluding hydrogens is 496 g/mol. The molecule has 0 atom stereocenters. The van der Waals surface area contributed by atoms with Crippen molar-refractivity contribution in [2.75, 3.05) is 7.11 Å². The highest BCUT2D eigenvalue weighted by Gasteiger charge is 2.13. The van der Waals surface area contributed by atoms with Crippen LogP contribution in [-0.4, -0.2) is 33.0 Å². The Labute approximate surface area is 233 Å². The SMILES string of the molecule is CCCCCCc1c2nc(cc3ccc([nH]3)c(-c3ccc(C(=O)OC)cc3)c3ccc(cc4nc1C=C4)[nH]3)C=C2. The Bertz CT molecular complexity index is 1690. The standard InChI is InChI=1S/C34H32N4O2/c1-3-4-5-6-7-28-29-16-12-24(35-29)20-26-14-18-31(37-26)33(22-8-10-23(11-9-22)34(39)40-2)32-19-15-27(38-32)21-25-13-17-30(28)36-25/h8-21,37-38H,3-7H2,1-2H3.